The third kappa shape index (κ3) is 3.57. The number of benzene rings is 2. The Morgan fingerprint density at radius 3 is 2.30 bits per heavy atom. The SMILES string of the molecule is Cc1c(F)cc(C(N)=O)cc1NS(=O)(=O)c1c(Cl)cccc1Cl. The smallest absolute Gasteiger partial charge is 0.264 e. The lowest BCUT2D eigenvalue weighted by Crippen LogP contribution is -2.17. The summed E-state index contributed by atoms with van der Waals surface area (Å²) in [5.41, 5.74) is 4.80. The van der Waals surface area contributed by atoms with Gasteiger partial charge >= 0.3 is 0 Å². The summed E-state index contributed by atoms with van der Waals surface area (Å²) in [7, 11) is -4.19. The van der Waals surface area contributed by atoms with Gasteiger partial charge in [0.05, 0.1) is 15.7 Å². The Labute approximate surface area is 142 Å². The standard InChI is InChI=1S/C14H11Cl2FN2O3S/c1-7-11(17)5-8(14(18)20)6-12(7)19-23(21,22)13-9(15)3-2-4-10(13)16/h2-6,19H,1H3,(H2,18,20). The Morgan fingerprint density at radius 2 is 1.78 bits per heavy atom. The van der Waals surface area contributed by atoms with Crippen LogP contribution in [0.25, 0.3) is 0 Å². The second-order valence-electron chi connectivity index (χ2n) is 4.65. The van der Waals surface area contributed by atoms with Crippen LogP contribution in [0.15, 0.2) is 35.2 Å². The zero-order valence-electron chi connectivity index (χ0n) is 11.7. The first kappa shape index (κ1) is 17.5. The Hall–Kier alpha value is -1.83. The molecule has 0 radical (unpaired) electrons. The molecule has 0 unspecified atom stereocenters. The lowest BCUT2D eigenvalue weighted by molar-refractivity contribution is 0.1000. The van der Waals surface area contributed by atoms with Crippen molar-refractivity contribution >= 4 is 44.8 Å². The van der Waals surface area contributed by atoms with E-state index in [-0.39, 0.29) is 31.8 Å². The average Bonchev–Trinajstić information content (AvgIpc) is 2.42. The highest BCUT2D eigenvalue weighted by atomic mass is 35.5. The zero-order chi connectivity index (χ0) is 17.4. The minimum Gasteiger partial charge on any atom is -0.366 e. The summed E-state index contributed by atoms with van der Waals surface area (Å²) >= 11 is 11.8. The molecule has 0 aliphatic carbocycles. The van der Waals surface area contributed by atoms with E-state index in [0.29, 0.717) is 0 Å². The molecule has 0 fully saturated rings. The summed E-state index contributed by atoms with van der Waals surface area (Å²) < 4.78 is 41.0. The minimum atomic E-state index is -4.19. The number of sulfonamides is 1. The van der Waals surface area contributed by atoms with Crippen LogP contribution in [0.1, 0.15) is 15.9 Å². The lowest BCUT2D eigenvalue weighted by Gasteiger charge is -2.14. The van der Waals surface area contributed by atoms with Gasteiger partial charge in [-0.25, -0.2) is 12.8 Å². The number of halogens is 3. The van der Waals surface area contributed by atoms with Gasteiger partial charge in [0.25, 0.3) is 10.0 Å². The van der Waals surface area contributed by atoms with Crippen molar-refractivity contribution in [1.29, 1.82) is 0 Å². The molecular formula is C14H11Cl2FN2O3S. The van der Waals surface area contributed by atoms with Crippen molar-refractivity contribution < 1.29 is 17.6 Å². The van der Waals surface area contributed by atoms with Gasteiger partial charge in [-0.05, 0) is 31.2 Å². The van der Waals surface area contributed by atoms with E-state index < -0.39 is 21.7 Å². The van der Waals surface area contributed by atoms with Gasteiger partial charge in [0.15, 0.2) is 0 Å². The minimum absolute atomic E-state index is 0.00162. The van der Waals surface area contributed by atoms with Gasteiger partial charge in [0.1, 0.15) is 10.7 Å². The Morgan fingerprint density at radius 1 is 1.22 bits per heavy atom. The quantitative estimate of drug-likeness (QED) is 0.857. The molecule has 0 aliphatic rings. The van der Waals surface area contributed by atoms with Crippen LogP contribution >= 0.6 is 23.2 Å². The number of primary amides is 1. The fraction of sp³-hybridized carbons (Fsp3) is 0.0714. The fourth-order valence-corrected chi connectivity index (χ4v) is 4.12. The monoisotopic (exact) mass is 376 g/mol. The highest BCUT2D eigenvalue weighted by Crippen LogP contribution is 2.31. The summed E-state index contributed by atoms with van der Waals surface area (Å²) in [5, 5.41) is -0.177. The number of hydrogen-bond donors (Lipinski definition) is 2. The van der Waals surface area contributed by atoms with Crippen LogP contribution in [0.4, 0.5) is 10.1 Å². The molecule has 0 atom stereocenters. The number of hydrogen-bond acceptors (Lipinski definition) is 3. The summed E-state index contributed by atoms with van der Waals surface area (Å²) in [6.07, 6.45) is 0. The average molecular weight is 377 g/mol. The first-order chi connectivity index (χ1) is 10.6. The number of anilines is 1. The van der Waals surface area contributed by atoms with Crippen molar-refractivity contribution in [2.45, 2.75) is 11.8 Å². The first-order valence-corrected chi connectivity index (χ1v) is 8.44. The number of rotatable bonds is 4. The van der Waals surface area contributed by atoms with Crippen LogP contribution < -0.4 is 10.5 Å². The predicted octanol–water partition coefficient (Wildman–Crippen LogP) is 3.34. The van der Waals surface area contributed by atoms with Crippen LogP contribution in [0.5, 0.6) is 0 Å². The maximum Gasteiger partial charge on any atom is 0.264 e. The van der Waals surface area contributed by atoms with Crippen molar-refractivity contribution in [3.05, 3.63) is 57.3 Å². The third-order valence-electron chi connectivity index (χ3n) is 3.06. The Kier molecular flexibility index (Phi) is 4.84. The second-order valence-corrected chi connectivity index (χ2v) is 7.08. The maximum atomic E-state index is 13.8. The summed E-state index contributed by atoms with van der Waals surface area (Å²) in [4.78, 5) is 10.9. The van der Waals surface area contributed by atoms with Gasteiger partial charge in [-0.2, -0.15) is 0 Å². The molecule has 0 saturated heterocycles. The number of nitrogens with two attached hydrogens (primary N) is 1. The fourth-order valence-electron chi connectivity index (χ4n) is 1.86. The zero-order valence-corrected chi connectivity index (χ0v) is 14.1. The third-order valence-corrected chi connectivity index (χ3v) is 5.38. The summed E-state index contributed by atoms with van der Waals surface area (Å²) in [6, 6.07) is 6.27. The highest BCUT2D eigenvalue weighted by Gasteiger charge is 2.23. The van der Waals surface area contributed by atoms with Crippen LogP contribution in [0.3, 0.4) is 0 Å². The molecule has 0 aromatic heterocycles. The van der Waals surface area contributed by atoms with E-state index in [1.165, 1.54) is 25.1 Å². The topological polar surface area (TPSA) is 89.3 Å². The molecule has 0 bridgehead atoms. The van der Waals surface area contributed by atoms with Crippen LogP contribution in [-0.4, -0.2) is 14.3 Å². The normalized spacial score (nSPS) is 11.3. The van der Waals surface area contributed by atoms with Gasteiger partial charge in [0.2, 0.25) is 5.91 Å². The van der Waals surface area contributed by atoms with E-state index in [4.69, 9.17) is 28.9 Å². The number of carbonyl (C=O) groups excluding carboxylic acids is 1. The molecule has 2 aromatic rings. The lowest BCUT2D eigenvalue weighted by atomic mass is 10.1. The molecule has 0 aliphatic heterocycles. The number of nitrogens with one attached hydrogen (secondary N) is 1. The molecule has 3 N–H and O–H groups in total. The Bertz CT molecular complexity index is 881. The van der Waals surface area contributed by atoms with Crippen molar-refractivity contribution in [3.63, 3.8) is 0 Å². The molecule has 1 amide bonds. The molecule has 23 heavy (non-hydrogen) atoms. The number of amides is 1. The molecule has 0 saturated carbocycles. The van der Waals surface area contributed by atoms with Gasteiger partial charge in [-0.3, -0.25) is 9.52 Å². The summed E-state index contributed by atoms with van der Waals surface area (Å²) in [6.45, 7) is 1.35. The van der Waals surface area contributed by atoms with Crippen LogP contribution in [0.2, 0.25) is 10.0 Å². The molecule has 2 aromatic carbocycles. The highest BCUT2D eigenvalue weighted by molar-refractivity contribution is 7.93. The molecular weight excluding hydrogens is 366 g/mol. The van der Waals surface area contributed by atoms with Gasteiger partial charge in [-0.1, -0.05) is 29.3 Å². The van der Waals surface area contributed by atoms with Crippen molar-refractivity contribution in [3.8, 4) is 0 Å². The Balaban J connectivity index is 2.56. The van der Waals surface area contributed by atoms with Crippen LogP contribution in [0, 0.1) is 12.7 Å². The van der Waals surface area contributed by atoms with Crippen molar-refractivity contribution in [2.24, 2.45) is 5.73 Å². The van der Waals surface area contributed by atoms with Crippen molar-refractivity contribution in [1.82, 2.24) is 0 Å². The van der Waals surface area contributed by atoms with E-state index in [9.17, 15) is 17.6 Å². The largest absolute Gasteiger partial charge is 0.366 e. The molecule has 0 heterocycles. The maximum absolute atomic E-state index is 13.8. The van der Waals surface area contributed by atoms with Gasteiger partial charge in [0, 0.05) is 11.1 Å². The van der Waals surface area contributed by atoms with E-state index in [1.54, 1.807) is 0 Å². The van der Waals surface area contributed by atoms with Gasteiger partial charge < -0.3 is 5.73 Å². The van der Waals surface area contributed by atoms with Crippen molar-refractivity contribution in [2.75, 3.05) is 4.72 Å². The summed E-state index contributed by atoms with van der Waals surface area (Å²) in [5.74, 6) is -1.66. The first-order valence-electron chi connectivity index (χ1n) is 6.20. The molecule has 122 valence electrons. The molecule has 0 spiro atoms. The van der Waals surface area contributed by atoms with E-state index >= 15 is 0 Å². The van der Waals surface area contributed by atoms with Crippen LogP contribution in [-0.2, 0) is 10.0 Å². The van der Waals surface area contributed by atoms with Gasteiger partial charge in [-0.15, -0.1) is 0 Å². The van der Waals surface area contributed by atoms with E-state index in [2.05, 4.69) is 4.72 Å². The molecule has 9 heteroatoms. The second kappa shape index (κ2) is 6.35. The number of carbonyl (C=O) groups is 1. The molecule has 2 rings (SSSR count). The molecule has 5 nitrogen and oxygen atoms in total. The predicted molar refractivity (Wildman–Crippen MR) is 86.9 cm³/mol. The van der Waals surface area contributed by atoms with E-state index in [1.807, 2.05) is 0 Å². The van der Waals surface area contributed by atoms with E-state index in [0.717, 1.165) is 12.1 Å².